The quantitative estimate of drug-likeness (QED) is 0.690. The van der Waals surface area contributed by atoms with Crippen LogP contribution in [0.1, 0.15) is 26.7 Å². The Labute approximate surface area is 108 Å². The molecule has 0 radical (unpaired) electrons. The number of hydrazine groups is 1. The number of nitrogens with zero attached hydrogens (tertiary/aromatic N) is 1. The standard InChI is InChI=1S/C12H23N3O3/c1-9(12(17)14-13-10(2)16)15-6-4-5-11(7-15)8-18-3/h9,11H,4-8H2,1-3H3,(H,13,16)(H,14,17)/t9-,11+/m0/s1. The van der Waals surface area contributed by atoms with E-state index in [1.165, 1.54) is 6.92 Å². The third-order valence-corrected chi connectivity index (χ3v) is 3.24. The Morgan fingerprint density at radius 3 is 2.78 bits per heavy atom. The molecule has 104 valence electrons. The van der Waals surface area contributed by atoms with Crippen molar-refractivity contribution < 1.29 is 14.3 Å². The second kappa shape index (κ2) is 7.33. The highest BCUT2D eigenvalue weighted by Crippen LogP contribution is 2.18. The summed E-state index contributed by atoms with van der Waals surface area (Å²) in [6, 6.07) is -0.239. The van der Waals surface area contributed by atoms with Gasteiger partial charge in [0, 0.05) is 20.6 Å². The van der Waals surface area contributed by atoms with Crippen LogP contribution in [0.25, 0.3) is 0 Å². The van der Waals surface area contributed by atoms with Gasteiger partial charge in [-0.3, -0.25) is 25.3 Å². The molecule has 0 saturated carbocycles. The van der Waals surface area contributed by atoms with E-state index in [0.29, 0.717) is 5.92 Å². The molecular formula is C12H23N3O3. The van der Waals surface area contributed by atoms with E-state index in [-0.39, 0.29) is 17.9 Å². The van der Waals surface area contributed by atoms with Crippen molar-refractivity contribution in [2.45, 2.75) is 32.7 Å². The fourth-order valence-corrected chi connectivity index (χ4v) is 2.24. The van der Waals surface area contributed by atoms with Crippen LogP contribution >= 0.6 is 0 Å². The summed E-state index contributed by atoms with van der Waals surface area (Å²) in [5.41, 5.74) is 4.73. The van der Waals surface area contributed by atoms with Gasteiger partial charge in [0.15, 0.2) is 0 Å². The minimum atomic E-state index is -0.272. The zero-order valence-electron chi connectivity index (χ0n) is 11.4. The van der Waals surface area contributed by atoms with Gasteiger partial charge in [-0.1, -0.05) is 0 Å². The van der Waals surface area contributed by atoms with Crippen molar-refractivity contribution in [3.8, 4) is 0 Å². The Balaban J connectivity index is 2.42. The van der Waals surface area contributed by atoms with Crippen LogP contribution in [-0.4, -0.2) is 49.6 Å². The zero-order valence-corrected chi connectivity index (χ0v) is 11.4. The minimum Gasteiger partial charge on any atom is -0.384 e. The highest BCUT2D eigenvalue weighted by Gasteiger charge is 2.27. The Morgan fingerprint density at radius 1 is 1.44 bits per heavy atom. The van der Waals surface area contributed by atoms with Crippen LogP contribution in [0.2, 0.25) is 0 Å². The molecule has 0 spiro atoms. The second-order valence-electron chi connectivity index (χ2n) is 4.80. The smallest absolute Gasteiger partial charge is 0.255 e. The van der Waals surface area contributed by atoms with Crippen molar-refractivity contribution in [3.05, 3.63) is 0 Å². The predicted octanol–water partition coefficient (Wildman–Crippen LogP) is -0.0994. The van der Waals surface area contributed by atoms with Crippen LogP contribution in [0.5, 0.6) is 0 Å². The number of hydrogen-bond donors (Lipinski definition) is 2. The molecule has 0 unspecified atom stereocenters. The topological polar surface area (TPSA) is 70.7 Å². The van der Waals surface area contributed by atoms with Gasteiger partial charge in [0.2, 0.25) is 5.91 Å². The molecule has 2 N–H and O–H groups in total. The molecule has 2 atom stereocenters. The van der Waals surface area contributed by atoms with Gasteiger partial charge in [-0.2, -0.15) is 0 Å². The average Bonchev–Trinajstić information content (AvgIpc) is 2.35. The first-order valence-corrected chi connectivity index (χ1v) is 6.34. The first-order chi connectivity index (χ1) is 8.54. The molecule has 0 aromatic rings. The van der Waals surface area contributed by atoms with Crippen molar-refractivity contribution >= 4 is 11.8 Å². The number of nitrogens with one attached hydrogen (secondary N) is 2. The zero-order chi connectivity index (χ0) is 13.5. The molecule has 0 aliphatic carbocycles. The van der Waals surface area contributed by atoms with E-state index in [1.54, 1.807) is 7.11 Å². The fourth-order valence-electron chi connectivity index (χ4n) is 2.24. The van der Waals surface area contributed by atoms with Crippen LogP contribution in [0, 0.1) is 5.92 Å². The third kappa shape index (κ3) is 4.62. The summed E-state index contributed by atoms with van der Waals surface area (Å²) in [6.07, 6.45) is 2.22. The molecule has 2 amide bonds. The second-order valence-corrected chi connectivity index (χ2v) is 4.80. The SMILES string of the molecule is COC[C@@H]1CCCN([C@@H](C)C(=O)NNC(C)=O)C1. The fraction of sp³-hybridized carbons (Fsp3) is 0.833. The first kappa shape index (κ1) is 14.9. The molecular weight excluding hydrogens is 234 g/mol. The van der Waals surface area contributed by atoms with Gasteiger partial charge < -0.3 is 4.74 Å². The van der Waals surface area contributed by atoms with Crippen LogP contribution in [0.4, 0.5) is 0 Å². The lowest BCUT2D eigenvalue weighted by Gasteiger charge is -2.35. The van der Waals surface area contributed by atoms with Crippen molar-refractivity contribution in [1.29, 1.82) is 0 Å². The molecule has 1 heterocycles. The lowest BCUT2D eigenvalue weighted by molar-refractivity contribution is -0.131. The molecule has 18 heavy (non-hydrogen) atoms. The number of rotatable bonds is 4. The number of hydrogen-bond acceptors (Lipinski definition) is 4. The highest BCUT2D eigenvalue weighted by atomic mass is 16.5. The number of ether oxygens (including phenoxy) is 1. The summed E-state index contributed by atoms with van der Waals surface area (Å²) in [7, 11) is 1.70. The van der Waals surface area contributed by atoms with Gasteiger partial charge in [0.1, 0.15) is 0 Å². The molecule has 0 bridgehead atoms. The Bertz CT molecular complexity index is 294. The van der Waals surface area contributed by atoms with E-state index in [2.05, 4.69) is 15.8 Å². The summed E-state index contributed by atoms with van der Waals surface area (Å²) >= 11 is 0. The van der Waals surface area contributed by atoms with Crippen molar-refractivity contribution in [2.75, 3.05) is 26.8 Å². The number of amides is 2. The molecule has 6 nitrogen and oxygen atoms in total. The minimum absolute atomic E-state index is 0.178. The van der Waals surface area contributed by atoms with Gasteiger partial charge >= 0.3 is 0 Å². The molecule has 1 fully saturated rings. The molecule has 1 rings (SSSR count). The molecule has 0 aromatic carbocycles. The lowest BCUT2D eigenvalue weighted by atomic mass is 9.97. The number of carbonyl (C=O) groups excluding carboxylic acids is 2. The summed E-state index contributed by atoms with van der Waals surface area (Å²) in [4.78, 5) is 24.7. The first-order valence-electron chi connectivity index (χ1n) is 6.34. The van der Waals surface area contributed by atoms with Crippen LogP contribution < -0.4 is 10.9 Å². The van der Waals surface area contributed by atoms with E-state index in [4.69, 9.17) is 4.74 Å². The van der Waals surface area contributed by atoms with Crippen LogP contribution in [0.3, 0.4) is 0 Å². The summed E-state index contributed by atoms with van der Waals surface area (Å²) in [6.45, 7) is 5.72. The maximum atomic E-state index is 11.8. The van der Waals surface area contributed by atoms with Gasteiger partial charge in [-0.05, 0) is 32.2 Å². The molecule has 1 saturated heterocycles. The summed E-state index contributed by atoms with van der Waals surface area (Å²) in [5, 5.41) is 0. The predicted molar refractivity (Wildman–Crippen MR) is 67.6 cm³/mol. The van der Waals surface area contributed by atoms with E-state index < -0.39 is 0 Å². The van der Waals surface area contributed by atoms with Gasteiger partial charge in [0.25, 0.3) is 5.91 Å². The number of likely N-dealkylation sites (tertiary alicyclic amines) is 1. The third-order valence-electron chi connectivity index (χ3n) is 3.24. The van der Waals surface area contributed by atoms with Crippen LogP contribution in [0.15, 0.2) is 0 Å². The van der Waals surface area contributed by atoms with Crippen molar-refractivity contribution in [3.63, 3.8) is 0 Å². The monoisotopic (exact) mass is 257 g/mol. The average molecular weight is 257 g/mol. The van der Waals surface area contributed by atoms with Crippen molar-refractivity contribution in [2.24, 2.45) is 5.92 Å². The normalized spacial score (nSPS) is 22.3. The van der Waals surface area contributed by atoms with Gasteiger partial charge in [-0.15, -0.1) is 0 Å². The van der Waals surface area contributed by atoms with Crippen LogP contribution in [-0.2, 0) is 14.3 Å². The lowest BCUT2D eigenvalue weighted by Crippen LogP contribution is -2.53. The van der Waals surface area contributed by atoms with Crippen molar-refractivity contribution in [1.82, 2.24) is 15.8 Å². The summed E-state index contributed by atoms with van der Waals surface area (Å²) in [5.74, 6) is 0.0366. The van der Waals surface area contributed by atoms with E-state index in [1.807, 2.05) is 6.92 Å². The van der Waals surface area contributed by atoms with E-state index in [0.717, 1.165) is 32.5 Å². The Kier molecular flexibility index (Phi) is 6.07. The Morgan fingerprint density at radius 2 is 2.17 bits per heavy atom. The molecule has 1 aliphatic rings. The highest BCUT2D eigenvalue weighted by molar-refractivity contribution is 5.84. The van der Waals surface area contributed by atoms with E-state index >= 15 is 0 Å². The molecule has 1 aliphatic heterocycles. The Hall–Kier alpha value is -1.14. The number of piperidine rings is 1. The van der Waals surface area contributed by atoms with Gasteiger partial charge in [0.05, 0.1) is 12.6 Å². The van der Waals surface area contributed by atoms with Gasteiger partial charge in [-0.25, -0.2) is 0 Å². The maximum absolute atomic E-state index is 11.8. The number of methoxy groups -OCH3 is 1. The molecule has 6 heteroatoms. The molecule has 0 aromatic heterocycles. The van der Waals surface area contributed by atoms with E-state index in [9.17, 15) is 9.59 Å². The number of carbonyl (C=O) groups is 2. The summed E-state index contributed by atoms with van der Waals surface area (Å²) < 4.78 is 5.16. The maximum Gasteiger partial charge on any atom is 0.255 e. The largest absolute Gasteiger partial charge is 0.384 e.